The minimum atomic E-state index is -2.51. The van der Waals surface area contributed by atoms with Crippen LogP contribution in [0.2, 0.25) is 0 Å². The van der Waals surface area contributed by atoms with Gasteiger partial charge < -0.3 is 13.3 Å². The molecule has 0 saturated carbocycles. The number of halogens is 3. The van der Waals surface area contributed by atoms with E-state index in [1.165, 1.54) is 5.70 Å². The third-order valence-corrected chi connectivity index (χ3v) is 5.94. The number of hydrogen-bond donors (Lipinski definition) is 0. The van der Waals surface area contributed by atoms with Crippen LogP contribution in [0.25, 0.3) is 0 Å². The SMILES string of the molecule is C=C[Si](Cl)(Cl)Cl.C=C[Si](OCC)(OCC)OCC. The maximum atomic E-state index is 5.44. The molecular weight excluding hydrogens is 331 g/mol. The number of rotatable bonds is 8. The highest BCUT2D eigenvalue weighted by molar-refractivity contribution is 7.66. The van der Waals surface area contributed by atoms with Crippen LogP contribution in [0.3, 0.4) is 0 Å². The van der Waals surface area contributed by atoms with Gasteiger partial charge in [0.15, 0.2) is 0 Å². The third-order valence-electron chi connectivity index (χ3n) is 1.52. The van der Waals surface area contributed by atoms with E-state index >= 15 is 0 Å². The Bertz CT molecular complexity index is 218. The molecule has 0 aromatic carbocycles. The summed E-state index contributed by atoms with van der Waals surface area (Å²) in [7, 11) is -2.51. The first kappa shape index (κ1) is 21.0. The van der Waals surface area contributed by atoms with E-state index in [1.54, 1.807) is 5.70 Å². The summed E-state index contributed by atoms with van der Waals surface area (Å²) in [5.74, 6) is 0. The lowest BCUT2D eigenvalue weighted by molar-refractivity contribution is 0.0844. The van der Waals surface area contributed by atoms with Crippen molar-refractivity contribution in [3.8, 4) is 0 Å². The Kier molecular flexibility index (Phi) is 13.4. The minimum absolute atomic E-state index is 0.595. The van der Waals surface area contributed by atoms with Crippen LogP contribution in [0.15, 0.2) is 24.6 Å². The average molecular weight is 352 g/mol. The first-order valence-electron chi connectivity index (χ1n) is 5.56. The van der Waals surface area contributed by atoms with Crippen molar-refractivity contribution >= 4 is 48.0 Å². The molecule has 3 nitrogen and oxygen atoms in total. The van der Waals surface area contributed by atoms with Gasteiger partial charge in [0.25, 0.3) is 0 Å². The Morgan fingerprint density at radius 3 is 1.22 bits per heavy atom. The molecule has 0 atom stereocenters. The van der Waals surface area contributed by atoms with Gasteiger partial charge in [-0.25, -0.2) is 0 Å². The van der Waals surface area contributed by atoms with Gasteiger partial charge in [-0.3, -0.25) is 0 Å². The molecule has 8 heteroatoms. The topological polar surface area (TPSA) is 27.7 Å². The van der Waals surface area contributed by atoms with Gasteiger partial charge in [0.1, 0.15) is 0 Å². The summed E-state index contributed by atoms with van der Waals surface area (Å²) in [5.41, 5.74) is 3.04. The fourth-order valence-corrected chi connectivity index (χ4v) is 2.72. The molecule has 0 saturated heterocycles. The molecular formula is C10H21Cl3O3Si2. The van der Waals surface area contributed by atoms with Gasteiger partial charge in [-0.2, -0.15) is 0 Å². The monoisotopic (exact) mass is 350 g/mol. The summed E-state index contributed by atoms with van der Waals surface area (Å²) in [6.07, 6.45) is 0. The molecule has 0 amide bonds. The van der Waals surface area contributed by atoms with Crippen LogP contribution < -0.4 is 0 Å². The van der Waals surface area contributed by atoms with E-state index in [1.807, 2.05) is 20.8 Å². The summed E-state index contributed by atoms with van der Waals surface area (Å²) in [4.78, 5) is 0. The fourth-order valence-electron chi connectivity index (χ4n) is 0.905. The van der Waals surface area contributed by atoms with Crippen LogP contribution >= 0.6 is 33.2 Å². The highest BCUT2D eigenvalue weighted by atomic mass is 35.8. The lowest BCUT2D eigenvalue weighted by Gasteiger charge is -2.24. The molecule has 0 fully saturated rings. The normalized spacial score (nSPS) is 11.4. The van der Waals surface area contributed by atoms with Crippen molar-refractivity contribution in [1.29, 1.82) is 0 Å². The molecule has 0 bridgehead atoms. The first-order chi connectivity index (χ1) is 8.30. The molecule has 108 valence electrons. The van der Waals surface area contributed by atoms with Crippen molar-refractivity contribution in [3.63, 3.8) is 0 Å². The molecule has 0 unspecified atom stereocenters. The predicted molar refractivity (Wildman–Crippen MR) is 84.3 cm³/mol. The van der Waals surface area contributed by atoms with Crippen molar-refractivity contribution in [1.82, 2.24) is 0 Å². The molecule has 0 rings (SSSR count). The zero-order valence-corrected chi connectivity index (χ0v) is 15.3. The highest BCUT2D eigenvalue weighted by Gasteiger charge is 2.36. The second kappa shape index (κ2) is 11.5. The van der Waals surface area contributed by atoms with Crippen molar-refractivity contribution in [2.75, 3.05) is 19.8 Å². The van der Waals surface area contributed by atoms with Crippen molar-refractivity contribution in [2.24, 2.45) is 0 Å². The zero-order chi connectivity index (χ0) is 14.7. The van der Waals surface area contributed by atoms with E-state index in [-0.39, 0.29) is 0 Å². The molecule has 0 aromatic rings. The van der Waals surface area contributed by atoms with E-state index < -0.39 is 14.8 Å². The Morgan fingerprint density at radius 2 is 1.11 bits per heavy atom. The van der Waals surface area contributed by atoms with Crippen molar-refractivity contribution in [3.05, 3.63) is 24.6 Å². The van der Waals surface area contributed by atoms with Crippen LogP contribution in [0.1, 0.15) is 20.8 Å². The molecule has 0 aliphatic carbocycles. The Balaban J connectivity index is 0. The van der Waals surface area contributed by atoms with Crippen LogP contribution in [0.4, 0.5) is 0 Å². The predicted octanol–water partition coefficient (Wildman–Crippen LogP) is 4.13. The fraction of sp³-hybridized carbons (Fsp3) is 0.600. The molecule has 0 aliphatic rings. The van der Waals surface area contributed by atoms with Crippen LogP contribution in [-0.2, 0) is 13.3 Å². The molecule has 0 aromatic heterocycles. The maximum absolute atomic E-state index is 5.44. The van der Waals surface area contributed by atoms with E-state index in [0.29, 0.717) is 19.8 Å². The Morgan fingerprint density at radius 1 is 0.833 bits per heavy atom. The van der Waals surface area contributed by atoms with Crippen LogP contribution in [-0.4, -0.2) is 34.6 Å². The molecule has 18 heavy (non-hydrogen) atoms. The summed E-state index contributed by atoms with van der Waals surface area (Å²) >= 11 is 15.8. The molecule has 0 heterocycles. The van der Waals surface area contributed by atoms with E-state index in [4.69, 9.17) is 46.5 Å². The van der Waals surface area contributed by atoms with E-state index in [2.05, 4.69) is 13.2 Å². The summed E-state index contributed by atoms with van der Waals surface area (Å²) in [6, 6.07) is -2.45. The number of hydrogen-bond acceptors (Lipinski definition) is 3. The lowest BCUT2D eigenvalue weighted by Crippen LogP contribution is -2.44. The smallest absolute Gasteiger partial charge is 0.371 e. The molecule has 0 radical (unpaired) electrons. The van der Waals surface area contributed by atoms with Gasteiger partial charge in [0.05, 0.1) is 0 Å². The second-order valence-electron chi connectivity index (χ2n) is 2.85. The largest absolute Gasteiger partial charge is 0.528 e. The third kappa shape index (κ3) is 11.7. The zero-order valence-electron chi connectivity index (χ0n) is 11.0. The van der Waals surface area contributed by atoms with E-state index in [0.717, 1.165) is 0 Å². The van der Waals surface area contributed by atoms with Crippen LogP contribution in [0.5, 0.6) is 0 Å². The highest BCUT2D eigenvalue weighted by Crippen LogP contribution is 2.19. The quantitative estimate of drug-likeness (QED) is 0.486. The molecule has 0 spiro atoms. The van der Waals surface area contributed by atoms with Gasteiger partial charge in [-0.1, -0.05) is 12.3 Å². The van der Waals surface area contributed by atoms with Gasteiger partial charge in [0.2, 0.25) is 0 Å². The summed E-state index contributed by atoms with van der Waals surface area (Å²) in [5, 5.41) is 0. The van der Waals surface area contributed by atoms with E-state index in [9.17, 15) is 0 Å². The lowest BCUT2D eigenvalue weighted by atomic mass is 10.9. The van der Waals surface area contributed by atoms with Gasteiger partial charge in [-0.15, -0.1) is 39.8 Å². The van der Waals surface area contributed by atoms with Gasteiger partial charge in [-0.05, 0) is 26.5 Å². The Hall–Kier alpha value is 0.664. The van der Waals surface area contributed by atoms with Gasteiger partial charge in [0, 0.05) is 19.8 Å². The second-order valence-corrected chi connectivity index (χ2v) is 13.9. The van der Waals surface area contributed by atoms with Crippen molar-refractivity contribution in [2.45, 2.75) is 20.8 Å². The standard InChI is InChI=1S/C8H18O3Si.C2H3Cl3Si/c1-5-9-12(8-4,10-6-2)11-7-3;1-2-6(3,4)5/h8H,4-7H2,1-3H3;2H,1H2. The Labute approximate surface area is 126 Å². The summed E-state index contributed by atoms with van der Waals surface area (Å²) in [6.45, 7) is 14.5. The minimum Gasteiger partial charge on any atom is -0.371 e. The van der Waals surface area contributed by atoms with Gasteiger partial charge >= 0.3 is 14.8 Å². The first-order valence-corrected chi connectivity index (χ1v) is 12.5. The molecule has 0 aliphatic heterocycles. The van der Waals surface area contributed by atoms with Crippen molar-refractivity contribution < 1.29 is 13.3 Å². The van der Waals surface area contributed by atoms with Crippen LogP contribution in [0, 0.1) is 0 Å². The maximum Gasteiger partial charge on any atom is 0.528 e. The average Bonchev–Trinajstić information content (AvgIpc) is 2.30. The molecule has 0 N–H and O–H groups in total. The summed E-state index contributed by atoms with van der Waals surface area (Å²) < 4.78 is 16.3.